The zero-order chi connectivity index (χ0) is 21.6. The van der Waals surface area contributed by atoms with E-state index in [2.05, 4.69) is 22.3 Å². The van der Waals surface area contributed by atoms with Crippen LogP contribution < -0.4 is 5.32 Å². The van der Waals surface area contributed by atoms with Gasteiger partial charge in [-0.05, 0) is 48.4 Å². The average molecular weight is 436 g/mol. The number of nitrogens with one attached hydrogen (secondary N) is 1. The third-order valence-corrected chi connectivity index (χ3v) is 6.41. The Morgan fingerprint density at radius 1 is 1.06 bits per heavy atom. The van der Waals surface area contributed by atoms with Crippen LogP contribution in [0.15, 0.2) is 65.6 Å². The number of carbonyl (C=O) groups excluding carboxylic acids is 3. The van der Waals surface area contributed by atoms with Crippen LogP contribution in [0.5, 0.6) is 0 Å². The van der Waals surface area contributed by atoms with Gasteiger partial charge in [0.2, 0.25) is 5.91 Å². The van der Waals surface area contributed by atoms with Crippen molar-refractivity contribution in [3.8, 4) is 0 Å². The molecule has 0 bridgehead atoms. The fourth-order valence-corrected chi connectivity index (χ4v) is 4.80. The lowest BCUT2D eigenvalue weighted by Crippen LogP contribution is -2.45. The Kier molecular flexibility index (Phi) is 6.84. The molecular weight excluding hydrogens is 410 g/mol. The van der Waals surface area contributed by atoms with Gasteiger partial charge in [0.1, 0.15) is 0 Å². The molecular formula is C24H25N3O3S. The van der Waals surface area contributed by atoms with Crippen LogP contribution in [-0.4, -0.2) is 52.5 Å². The smallest absolute Gasteiger partial charge is 0.293 e. The van der Waals surface area contributed by atoms with Crippen molar-refractivity contribution < 1.29 is 14.4 Å². The number of amides is 3. The summed E-state index contributed by atoms with van der Waals surface area (Å²) in [5, 5.41) is 2.62. The first-order chi connectivity index (χ1) is 15.1. The molecule has 4 rings (SSSR count). The Bertz CT molecular complexity index is 978. The lowest BCUT2D eigenvalue weighted by atomic mass is 10.1. The maximum absolute atomic E-state index is 12.7. The van der Waals surface area contributed by atoms with Gasteiger partial charge in [0, 0.05) is 19.6 Å². The number of rotatable bonds is 7. The number of hydrogen-bond donors (Lipinski definition) is 1. The van der Waals surface area contributed by atoms with Crippen LogP contribution in [0.25, 0.3) is 6.08 Å². The summed E-state index contributed by atoms with van der Waals surface area (Å²) < 4.78 is 0. The summed E-state index contributed by atoms with van der Waals surface area (Å²) in [6, 6.07) is 19.4. The number of nitrogens with zero attached hydrogens (tertiary/aromatic N) is 2. The molecule has 6 nitrogen and oxygen atoms in total. The predicted molar refractivity (Wildman–Crippen MR) is 122 cm³/mol. The van der Waals surface area contributed by atoms with Crippen LogP contribution in [0.4, 0.5) is 4.79 Å². The monoisotopic (exact) mass is 435 g/mol. The molecule has 0 radical (unpaired) electrons. The van der Waals surface area contributed by atoms with E-state index in [1.165, 1.54) is 10.5 Å². The second-order valence-corrected chi connectivity index (χ2v) is 8.64. The van der Waals surface area contributed by atoms with Crippen molar-refractivity contribution in [1.82, 2.24) is 15.1 Å². The van der Waals surface area contributed by atoms with Crippen molar-refractivity contribution in [3.63, 3.8) is 0 Å². The molecule has 1 unspecified atom stereocenters. The maximum Gasteiger partial charge on any atom is 0.293 e. The summed E-state index contributed by atoms with van der Waals surface area (Å²) in [4.78, 5) is 41.4. The third kappa shape index (κ3) is 5.24. The van der Waals surface area contributed by atoms with Gasteiger partial charge in [-0.25, -0.2) is 0 Å². The highest BCUT2D eigenvalue weighted by molar-refractivity contribution is 8.18. The normalized spacial score (nSPS) is 20.6. The van der Waals surface area contributed by atoms with E-state index in [1.54, 1.807) is 6.08 Å². The number of benzene rings is 2. The summed E-state index contributed by atoms with van der Waals surface area (Å²) in [6.07, 6.45) is 3.53. The first-order valence-electron chi connectivity index (χ1n) is 10.5. The van der Waals surface area contributed by atoms with E-state index in [0.29, 0.717) is 4.91 Å². The van der Waals surface area contributed by atoms with Crippen LogP contribution in [0.2, 0.25) is 0 Å². The summed E-state index contributed by atoms with van der Waals surface area (Å²) in [5.41, 5.74) is 2.06. The van der Waals surface area contributed by atoms with Crippen molar-refractivity contribution in [2.45, 2.75) is 25.4 Å². The summed E-state index contributed by atoms with van der Waals surface area (Å²) in [5.74, 6) is -0.347. The molecule has 2 aromatic carbocycles. The van der Waals surface area contributed by atoms with Gasteiger partial charge in [0.15, 0.2) is 0 Å². The second kappa shape index (κ2) is 9.94. The largest absolute Gasteiger partial charge is 0.353 e. The number of thioether (sulfide) groups is 1. The Morgan fingerprint density at radius 3 is 2.52 bits per heavy atom. The molecule has 2 saturated heterocycles. The summed E-state index contributed by atoms with van der Waals surface area (Å²) in [7, 11) is 0. The first-order valence-corrected chi connectivity index (χ1v) is 11.3. The minimum absolute atomic E-state index is 0.0415. The van der Waals surface area contributed by atoms with E-state index in [9.17, 15) is 14.4 Å². The van der Waals surface area contributed by atoms with E-state index in [0.717, 1.165) is 43.3 Å². The predicted octanol–water partition coefficient (Wildman–Crippen LogP) is 3.50. The fourth-order valence-electron chi connectivity index (χ4n) is 3.93. The van der Waals surface area contributed by atoms with Gasteiger partial charge in [-0.1, -0.05) is 60.7 Å². The zero-order valence-corrected chi connectivity index (χ0v) is 18.0. The topological polar surface area (TPSA) is 69.7 Å². The van der Waals surface area contributed by atoms with Gasteiger partial charge in [-0.2, -0.15) is 0 Å². The zero-order valence-electron chi connectivity index (χ0n) is 17.2. The van der Waals surface area contributed by atoms with Gasteiger partial charge in [-0.3, -0.25) is 24.2 Å². The first kappa shape index (κ1) is 21.3. The number of likely N-dealkylation sites (tertiary alicyclic amines) is 1. The van der Waals surface area contributed by atoms with E-state index in [4.69, 9.17) is 0 Å². The van der Waals surface area contributed by atoms with Crippen molar-refractivity contribution in [3.05, 3.63) is 76.7 Å². The maximum atomic E-state index is 12.7. The van der Waals surface area contributed by atoms with E-state index in [1.807, 2.05) is 48.5 Å². The quantitative estimate of drug-likeness (QED) is 0.674. The molecule has 2 aliphatic heterocycles. The van der Waals surface area contributed by atoms with Gasteiger partial charge >= 0.3 is 0 Å². The lowest BCUT2D eigenvalue weighted by molar-refractivity contribution is -0.126. The Labute approximate surface area is 186 Å². The van der Waals surface area contributed by atoms with Gasteiger partial charge in [0.05, 0.1) is 10.9 Å². The van der Waals surface area contributed by atoms with Crippen molar-refractivity contribution in [2.75, 3.05) is 19.6 Å². The fraction of sp³-hybridized carbons (Fsp3) is 0.292. The number of imide groups is 1. The van der Waals surface area contributed by atoms with Gasteiger partial charge in [0.25, 0.3) is 11.1 Å². The number of hydrogen-bond acceptors (Lipinski definition) is 5. The average Bonchev–Trinajstić information content (AvgIpc) is 3.35. The van der Waals surface area contributed by atoms with Crippen molar-refractivity contribution in [1.29, 1.82) is 0 Å². The molecule has 160 valence electrons. The van der Waals surface area contributed by atoms with Crippen LogP contribution in [0, 0.1) is 0 Å². The molecule has 3 amide bonds. The molecule has 2 fully saturated rings. The van der Waals surface area contributed by atoms with E-state index < -0.39 is 0 Å². The molecule has 0 aromatic heterocycles. The molecule has 0 spiro atoms. The van der Waals surface area contributed by atoms with Gasteiger partial charge < -0.3 is 5.32 Å². The Balaban J connectivity index is 1.29. The highest BCUT2D eigenvalue weighted by atomic mass is 32.2. The molecule has 7 heteroatoms. The molecule has 31 heavy (non-hydrogen) atoms. The van der Waals surface area contributed by atoms with Crippen LogP contribution >= 0.6 is 11.8 Å². The molecule has 2 aromatic rings. The molecule has 1 N–H and O–H groups in total. The molecule has 1 atom stereocenters. The van der Waals surface area contributed by atoms with Crippen LogP contribution in [0.3, 0.4) is 0 Å². The highest BCUT2D eigenvalue weighted by Crippen LogP contribution is 2.31. The second-order valence-electron chi connectivity index (χ2n) is 7.65. The van der Waals surface area contributed by atoms with Crippen LogP contribution in [-0.2, 0) is 16.1 Å². The molecule has 0 aliphatic carbocycles. The third-order valence-electron chi connectivity index (χ3n) is 5.50. The van der Waals surface area contributed by atoms with Gasteiger partial charge in [-0.15, -0.1) is 0 Å². The van der Waals surface area contributed by atoms with E-state index in [-0.39, 0.29) is 36.2 Å². The van der Waals surface area contributed by atoms with Crippen molar-refractivity contribution >= 4 is 34.9 Å². The minimum atomic E-state index is -0.306. The lowest BCUT2D eigenvalue weighted by Gasteiger charge is -2.24. The summed E-state index contributed by atoms with van der Waals surface area (Å²) >= 11 is 0.940. The Morgan fingerprint density at radius 2 is 1.77 bits per heavy atom. The highest BCUT2D eigenvalue weighted by Gasteiger charge is 2.35. The molecule has 2 heterocycles. The molecule has 0 saturated carbocycles. The summed E-state index contributed by atoms with van der Waals surface area (Å²) in [6.45, 7) is 2.06. The van der Waals surface area contributed by atoms with E-state index >= 15 is 0 Å². The minimum Gasteiger partial charge on any atom is -0.353 e. The SMILES string of the molecule is O=C(NCCN1C(=O)SC(=Cc2ccccc2)C1=O)C1CCCN1Cc1ccccc1. The number of carbonyl (C=O) groups is 3. The van der Waals surface area contributed by atoms with Crippen LogP contribution in [0.1, 0.15) is 24.0 Å². The standard InChI is InChI=1S/C24H25N3O3S/c28-22(20-12-7-14-26(20)17-19-10-5-2-6-11-19)25-13-15-27-23(29)21(31-24(27)30)16-18-8-3-1-4-9-18/h1-6,8-11,16,20H,7,12-15,17H2,(H,25,28). The molecule has 2 aliphatic rings. The Hall–Kier alpha value is -2.90. The van der Waals surface area contributed by atoms with Crippen molar-refractivity contribution in [2.24, 2.45) is 0 Å².